The van der Waals surface area contributed by atoms with Gasteiger partial charge in [0, 0.05) is 52.2 Å². The first-order valence-electron chi connectivity index (χ1n) is 10.6. The van der Waals surface area contributed by atoms with Crippen LogP contribution in [0.15, 0.2) is 33.7 Å². The Hall–Kier alpha value is -2.30. The fourth-order valence-corrected chi connectivity index (χ4v) is 5.70. The van der Waals surface area contributed by atoms with E-state index in [1.807, 2.05) is 6.07 Å². The van der Waals surface area contributed by atoms with Crippen LogP contribution in [-0.2, 0) is 26.0 Å². The summed E-state index contributed by atoms with van der Waals surface area (Å²) in [4.78, 5) is 19.0. The number of sulfonamides is 1. The van der Waals surface area contributed by atoms with Gasteiger partial charge < -0.3 is 14.2 Å². The highest BCUT2D eigenvalue weighted by molar-refractivity contribution is 7.89. The van der Waals surface area contributed by atoms with Gasteiger partial charge in [0.25, 0.3) is 0 Å². The summed E-state index contributed by atoms with van der Waals surface area (Å²) < 4.78 is 37.7. The van der Waals surface area contributed by atoms with Crippen LogP contribution in [0.25, 0.3) is 0 Å². The molecule has 2 aliphatic rings. The summed E-state index contributed by atoms with van der Waals surface area (Å²) in [5.41, 5.74) is 0.727. The third kappa shape index (κ3) is 4.65. The fraction of sp³-hybridized carbons (Fsp3) is 0.571. The largest absolute Gasteiger partial charge is 0.381 e. The van der Waals surface area contributed by atoms with Crippen molar-refractivity contribution in [1.82, 2.24) is 19.3 Å². The zero-order valence-electron chi connectivity index (χ0n) is 17.9. The number of aryl methyl sites for hydroxylation is 1. The first kappa shape index (κ1) is 21.9. The Morgan fingerprint density at radius 2 is 1.94 bits per heavy atom. The molecule has 2 aromatic rings. The number of hydrogen-bond acceptors (Lipinski definition) is 7. The van der Waals surface area contributed by atoms with Crippen LogP contribution in [0, 0.1) is 12.8 Å². The van der Waals surface area contributed by atoms with Gasteiger partial charge in [-0.25, -0.2) is 8.42 Å². The van der Waals surface area contributed by atoms with Crippen molar-refractivity contribution < 1.29 is 22.5 Å². The fourth-order valence-electron chi connectivity index (χ4n) is 3.94. The van der Waals surface area contributed by atoms with Gasteiger partial charge in [-0.2, -0.15) is 9.29 Å². The van der Waals surface area contributed by atoms with Gasteiger partial charge in [-0.15, -0.1) is 0 Å². The second kappa shape index (κ2) is 9.05. The maximum atomic E-state index is 12.8. The lowest BCUT2D eigenvalue weighted by molar-refractivity contribution is -0.137. The SMILES string of the molecule is Cc1ccccc1S(=O)(=O)N1CC(c2nc(CCN(C)C(=O)C3CCOCC3)no2)C1. The minimum atomic E-state index is -3.52. The highest BCUT2D eigenvalue weighted by Crippen LogP contribution is 2.32. The summed E-state index contributed by atoms with van der Waals surface area (Å²) in [6, 6.07) is 6.96. The van der Waals surface area contributed by atoms with Crippen LogP contribution >= 0.6 is 0 Å². The van der Waals surface area contributed by atoms with E-state index >= 15 is 0 Å². The number of likely N-dealkylation sites (N-methyl/N-ethyl adjacent to an activating group) is 1. The molecule has 31 heavy (non-hydrogen) atoms. The van der Waals surface area contributed by atoms with Gasteiger partial charge in [-0.05, 0) is 31.4 Å². The monoisotopic (exact) mass is 448 g/mol. The number of benzene rings is 1. The van der Waals surface area contributed by atoms with Crippen molar-refractivity contribution in [2.75, 3.05) is 39.9 Å². The van der Waals surface area contributed by atoms with Crippen molar-refractivity contribution in [3.8, 4) is 0 Å². The predicted octanol–water partition coefficient (Wildman–Crippen LogP) is 1.59. The number of carbonyl (C=O) groups is 1. The highest BCUT2D eigenvalue weighted by atomic mass is 32.2. The molecule has 0 atom stereocenters. The van der Waals surface area contributed by atoms with Crippen molar-refractivity contribution in [2.45, 2.75) is 37.0 Å². The van der Waals surface area contributed by atoms with E-state index in [1.165, 1.54) is 4.31 Å². The standard InChI is InChI=1S/C21H28N4O5S/c1-15-5-3-4-6-18(15)31(27,28)25-13-17(14-25)20-22-19(23-30-20)7-10-24(2)21(26)16-8-11-29-12-9-16/h3-6,16-17H,7-14H2,1-2H3. The van der Waals surface area contributed by atoms with Crippen molar-refractivity contribution in [2.24, 2.45) is 5.92 Å². The molecule has 0 aliphatic carbocycles. The number of amides is 1. The molecular formula is C21H28N4O5S. The zero-order chi connectivity index (χ0) is 22.0. The van der Waals surface area contributed by atoms with Gasteiger partial charge in [-0.1, -0.05) is 23.4 Å². The van der Waals surface area contributed by atoms with E-state index in [2.05, 4.69) is 10.1 Å². The lowest BCUT2D eigenvalue weighted by Crippen LogP contribution is -2.48. The first-order valence-corrected chi connectivity index (χ1v) is 12.0. The van der Waals surface area contributed by atoms with Crippen molar-refractivity contribution in [3.05, 3.63) is 41.5 Å². The smallest absolute Gasteiger partial charge is 0.243 e. The van der Waals surface area contributed by atoms with Crippen LogP contribution in [-0.4, -0.2) is 73.6 Å². The maximum absolute atomic E-state index is 12.8. The maximum Gasteiger partial charge on any atom is 0.243 e. The number of nitrogens with zero attached hydrogens (tertiary/aromatic N) is 4. The molecule has 1 amide bonds. The summed E-state index contributed by atoms with van der Waals surface area (Å²) in [6.45, 7) is 4.21. The Labute approximate surface area is 182 Å². The second-order valence-electron chi connectivity index (χ2n) is 8.23. The number of aromatic nitrogens is 2. The molecular weight excluding hydrogens is 420 g/mol. The van der Waals surface area contributed by atoms with E-state index in [1.54, 1.807) is 37.1 Å². The molecule has 0 bridgehead atoms. The number of rotatable bonds is 7. The summed E-state index contributed by atoms with van der Waals surface area (Å²) in [6.07, 6.45) is 2.02. The van der Waals surface area contributed by atoms with Gasteiger partial charge >= 0.3 is 0 Å². The van der Waals surface area contributed by atoms with Crippen LogP contribution < -0.4 is 0 Å². The normalized spacial score (nSPS) is 18.6. The van der Waals surface area contributed by atoms with Crippen molar-refractivity contribution in [3.63, 3.8) is 0 Å². The Morgan fingerprint density at radius 1 is 1.23 bits per heavy atom. The van der Waals surface area contributed by atoms with E-state index in [0.717, 1.165) is 18.4 Å². The van der Waals surface area contributed by atoms with Crippen LogP contribution in [0.2, 0.25) is 0 Å². The lowest BCUT2D eigenvalue weighted by atomic mass is 9.99. The first-order chi connectivity index (χ1) is 14.9. The molecule has 2 fully saturated rings. The lowest BCUT2D eigenvalue weighted by Gasteiger charge is -2.36. The molecule has 2 aliphatic heterocycles. The van der Waals surface area contributed by atoms with Crippen LogP contribution in [0.5, 0.6) is 0 Å². The molecule has 168 valence electrons. The molecule has 0 spiro atoms. The summed E-state index contributed by atoms with van der Waals surface area (Å²) in [5.74, 6) is 1.02. The number of hydrogen-bond donors (Lipinski definition) is 0. The average Bonchev–Trinajstić information content (AvgIpc) is 3.19. The van der Waals surface area contributed by atoms with Gasteiger partial charge in [-0.3, -0.25) is 4.79 Å². The topological polar surface area (TPSA) is 106 Å². The predicted molar refractivity (Wildman–Crippen MR) is 112 cm³/mol. The van der Waals surface area contributed by atoms with Gasteiger partial charge in [0.15, 0.2) is 5.82 Å². The van der Waals surface area contributed by atoms with Crippen LogP contribution in [0.3, 0.4) is 0 Å². The Bertz CT molecular complexity index is 1030. The zero-order valence-corrected chi connectivity index (χ0v) is 18.7. The molecule has 10 heteroatoms. The van der Waals surface area contributed by atoms with Crippen molar-refractivity contribution >= 4 is 15.9 Å². The Kier molecular flexibility index (Phi) is 6.40. The quantitative estimate of drug-likeness (QED) is 0.633. The molecule has 3 heterocycles. The van der Waals surface area contributed by atoms with Crippen molar-refractivity contribution in [1.29, 1.82) is 0 Å². The molecule has 0 N–H and O–H groups in total. The van der Waals surface area contributed by atoms with Gasteiger partial charge in [0.1, 0.15) is 0 Å². The molecule has 1 aromatic carbocycles. The van der Waals surface area contributed by atoms with Gasteiger partial charge in [0.05, 0.1) is 10.8 Å². The molecule has 0 saturated carbocycles. The van der Waals surface area contributed by atoms with E-state index in [-0.39, 0.29) is 17.7 Å². The molecule has 2 saturated heterocycles. The van der Waals surface area contributed by atoms with E-state index in [4.69, 9.17) is 9.26 Å². The van der Waals surface area contributed by atoms with E-state index < -0.39 is 10.0 Å². The highest BCUT2D eigenvalue weighted by Gasteiger charge is 2.40. The van der Waals surface area contributed by atoms with E-state index in [9.17, 15) is 13.2 Å². The van der Waals surface area contributed by atoms with Crippen LogP contribution in [0.1, 0.15) is 36.0 Å². The van der Waals surface area contributed by atoms with Gasteiger partial charge in [0.2, 0.25) is 21.8 Å². The minimum Gasteiger partial charge on any atom is -0.381 e. The van der Waals surface area contributed by atoms with E-state index in [0.29, 0.717) is 55.9 Å². The Balaban J connectivity index is 1.29. The summed E-state index contributed by atoms with van der Waals surface area (Å²) >= 11 is 0. The average molecular weight is 449 g/mol. The van der Waals surface area contributed by atoms with Crippen LogP contribution in [0.4, 0.5) is 0 Å². The Morgan fingerprint density at radius 3 is 2.65 bits per heavy atom. The molecule has 0 radical (unpaired) electrons. The summed E-state index contributed by atoms with van der Waals surface area (Å²) in [5, 5.41) is 4.01. The number of ether oxygens (including phenoxy) is 1. The second-order valence-corrected chi connectivity index (χ2v) is 10.1. The third-order valence-corrected chi connectivity index (χ3v) is 8.00. The number of carbonyl (C=O) groups excluding carboxylic acids is 1. The molecule has 0 unspecified atom stereocenters. The summed E-state index contributed by atoms with van der Waals surface area (Å²) in [7, 11) is -1.73. The third-order valence-electron chi connectivity index (χ3n) is 6.01. The molecule has 9 nitrogen and oxygen atoms in total. The molecule has 4 rings (SSSR count). The molecule has 1 aromatic heterocycles. The minimum absolute atomic E-state index is 0.0238.